The number of carbonyl (C=O) groups is 1. The van der Waals surface area contributed by atoms with Crippen molar-refractivity contribution in [3.63, 3.8) is 0 Å². The number of carbonyl (C=O) groups excluding carboxylic acids is 1. The third-order valence-electron chi connectivity index (χ3n) is 5.18. The maximum Gasteiger partial charge on any atom is 0.308 e. The highest BCUT2D eigenvalue weighted by molar-refractivity contribution is 6.73. The number of rotatable bonds is 7. The summed E-state index contributed by atoms with van der Waals surface area (Å²) < 4.78 is 11.7. The topological polar surface area (TPSA) is 35.5 Å². The Kier molecular flexibility index (Phi) is 6.66. The fraction of sp³-hybridized carbons (Fsp3) is 0.550. The minimum atomic E-state index is -1.59. The summed E-state index contributed by atoms with van der Waals surface area (Å²) in [5, 5.41) is 0. The molecule has 0 N–H and O–H groups in total. The molecular weight excluding hydrogens is 316 g/mol. The third-order valence-corrected chi connectivity index (χ3v) is 9.74. The van der Waals surface area contributed by atoms with Gasteiger partial charge in [0, 0.05) is 19.3 Å². The van der Waals surface area contributed by atoms with Crippen LogP contribution >= 0.6 is 0 Å². The van der Waals surface area contributed by atoms with Gasteiger partial charge >= 0.3 is 5.97 Å². The van der Waals surface area contributed by atoms with Crippen molar-refractivity contribution in [1.82, 2.24) is 0 Å². The molecule has 0 heterocycles. The summed E-state index contributed by atoms with van der Waals surface area (Å²) in [5.74, 6) is 1.93. The van der Waals surface area contributed by atoms with E-state index in [2.05, 4.69) is 39.0 Å². The van der Waals surface area contributed by atoms with E-state index in [-0.39, 0.29) is 5.97 Å². The first kappa shape index (κ1) is 18.8. The predicted molar refractivity (Wildman–Crippen MR) is 101 cm³/mol. The van der Waals surface area contributed by atoms with Gasteiger partial charge in [-0.15, -0.1) is 0 Å². The lowest BCUT2D eigenvalue weighted by molar-refractivity contribution is -0.131. The molecule has 0 bridgehead atoms. The largest absolute Gasteiger partial charge is 0.547 e. The Labute approximate surface area is 147 Å². The Morgan fingerprint density at radius 3 is 2.29 bits per heavy atom. The van der Waals surface area contributed by atoms with Crippen molar-refractivity contribution < 1.29 is 14.0 Å². The van der Waals surface area contributed by atoms with Gasteiger partial charge in [0.2, 0.25) is 8.32 Å². The van der Waals surface area contributed by atoms with Gasteiger partial charge in [-0.05, 0) is 54.7 Å². The fourth-order valence-corrected chi connectivity index (χ4v) is 6.09. The molecule has 0 aliphatic heterocycles. The number of ether oxygens (including phenoxy) is 1. The quantitative estimate of drug-likeness (QED) is 0.356. The molecule has 0 spiro atoms. The van der Waals surface area contributed by atoms with Crippen LogP contribution in [0, 0.1) is 0 Å². The van der Waals surface area contributed by atoms with Crippen molar-refractivity contribution in [3.8, 4) is 5.75 Å². The molecule has 1 unspecified atom stereocenters. The second-order valence-electron chi connectivity index (χ2n) is 6.64. The Morgan fingerprint density at radius 2 is 1.75 bits per heavy atom. The smallest absolute Gasteiger partial charge is 0.308 e. The van der Waals surface area contributed by atoms with Gasteiger partial charge in [0.25, 0.3) is 0 Å². The standard InChI is InChI=1S/C20H30O3Si/c1-5-24(6-2,7-3)23-20-10-8-9-18(15-20)17-11-13-19(14-12-17)22-16(4)21/h11-15,18H,5-10H2,1-4H3. The van der Waals surface area contributed by atoms with Crippen LogP contribution in [0.3, 0.4) is 0 Å². The molecule has 0 amide bonds. The third kappa shape index (κ3) is 4.73. The first-order chi connectivity index (χ1) is 11.5. The summed E-state index contributed by atoms with van der Waals surface area (Å²) in [6, 6.07) is 11.4. The van der Waals surface area contributed by atoms with Crippen LogP contribution in [0.15, 0.2) is 36.1 Å². The van der Waals surface area contributed by atoms with Crippen molar-refractivity contribution in [2.24, 2.45) is 0 Å². The Morgan fingerprint density at radius 1 is 1.12 bits per heavy atom. The van der Waals surface area contributed by atoms with Crippen molar-refractivity contribution in [2.75, 3.05) is 0 Å². The van der Waals surface area contributed by atoms with Crippen molar-refractivity contribution in [2.45, 2.75) is 71.0 Å². The zero-order chi connectivity index (χ0) is 17.6. The lowest BCUT2D eigenvalue weighted by Crippen LogP contribution is -2.35. The van der Waals surface area contributed by atoms with Crippen molar-refractivity contribution in [3.05, 3.63) is 41.7 Å². The first-order valence-electron chi connectivity index (χ1n) is 9.20. The summed E-state index contributed by atoms with van der Waals surface area (Å²) >= 11 is 0. The average molecular weight is 347 g/mol. The Hall–Kier alpha value is -1.55. The molecule has 1 aliphatic rings. The zero-order valence-corrected chi connectivity index (χ0v) is 16.4. The number of hydrogen-bond acceptors (Lipinski definition) is 3. The van der Waals surface area contributed by atoms with E-state index in [1.807, 2.05) is 12.1 Å². The van der Waals surface area contributed by atoms with Gasteiger partial charge < -0.3 is 9.16 Å². The summed E-state index contributed by atoms with van der Waals surface area (Å²) in [6.07, 6.45) is 5.71. The van der Waals surface area contributed by atoms with E-state index in [9.17, 15) is 4.79 Å². The molecular formula is C20H30O3Si. The van der Waals surface area contributed by atoms with E-state index >= 15 is 0 Å². The van der Waals surface area contributed by atoms with E-state index in [0.717, 1.165) is 12.8 Å². The van der Waals surface area contributed by atoms with Crippen molar-refractivity contribution in [1.29, 1.82) is 0 Å². The summed E-state index contributed by atoms with van der Waals surface area (Å²) in [5.41, 5.74) is 1.27. The summed E-state index contributed by atoms with van der Waals surface area (Å²) in [4.78, 5) is 11.0. The van der Waals surface area contributed by atoms with Crippen LogP contribution in [0.2, 0.25) is 18.1 Å². The SMILES string of the molecule is CC[Si](CC)(CC)OC1=CC(c2ccc(OC(C)=O)cc2)CCC1. The van der Waals surface area contributed by atoms with Crippen LogP contribution in [0.4, 0.5) is 0 Å². The van der Waals surface area contributed by atoms with Gasteiger partial charge in [-0.1, -0.05) is 32.9 Å². The number of allylic oxidation sites excluding steroid dienone is 2. The molecule has 132 valence electrons. The van der Waals surface area contributed by atoms with Crippen LogP contribution in [-0.4, -0.2) is 14.3 Å². The van der Waals surface area contributed by atoms with E-state index in [1.54, 1.807) is 0 Å². The van der Waals surface area contributed by atoms with E-state index in [1.165, 1.54) is 42.8 Å². The molecule has 24 heavy (non-hydrogen) atoms. The lowest BCUT2D eigenvalue weighted by Gasteiger charge is -2.33. The molecule has 1 aromatic carbocycles. The first-order valence-corrected chi connectivity index (χ1v) is 11.7. The van der Waals surface area contributed by atoms with Crippen molar-refractivity contribution >= 4 is 14.3 Å². The van der Waals surface area contributed by atoms with Crippen LogP contribution in [0.25, 0.3) is 0 Å². The summed E-state index contributed by atoms with van der Waals surface area (Å²) in [7, 11) is -1.59. The van der Waals surface area contributed by atoms with Gasteiger partial charge in [0.15, 0.2) is 0 Å². The highest BCUT2D eigenvalue weighted by atomic mass is 28.4. The highest BCUT2D eigenvalue weighted by Crippen LogP contribution is 2.35. The zero-order valence-electron chi connectivity index (χ0n) is 15.4. The molecule has 1 atom stereocenters. The number of benzene rings is 1. The van der Waals surface area contributed by atoms with Crippen LogP contribution in [0.1, 0.15) is 58.4 Å². The van der Waals surface area contributed by atoms with Gasteiger partial charge in [-0.3, -0.25) is 4.79 Å². The molecule has 0 fully saturated rings. The van der Waals surface area contributed by atoms with Crippen LogP contribution in [-0.2, 0) is 9.22 Å². The molecule has 0 saturated carbocycles. The van der Waals surface area contributed by atoms with E-state index in [0.29, 0.717) is 11.7 Å². The minimum absolute atomic E-state index is 0.281. The maximum absolute atomic E-state index is 11.0. The molecule has 2 rings (SSSR count). The van der Waals surface area contributed by atoms with E-state index in [4.69, 9.17) is 9.16 Å². The molecule has 4 heteroatoms. The normalized spacial score (nSPS) is 18.0. The van der Waals surface area contributed by atoms with Gasteiger partial charge in [-0.25, -0.2) is 0 Å². The monoisotopic (exact) mass is 346 g/mol. The Bertz CT molecular complexity index is 565. The molecule has 0 aromatic heterocycles. The molecule has 1 aliphatic carbocycles. The van der Waals surface area contributed by atoms with Gasteiger partial charge in [0.1, 0.15) is 5.75 Å². The Balaban J connectivity index is 2.12. The molecule has 3 nitrogen and oxygen atoms in total. The molecule has 1 aromatic rings. The second kappa shape index (κ2) is 8.52. The second-order valence-corrected chi connectivity index (χ2v) is 11.3. The number of esters is 1. The summed E-state index contributed by atoms with van der Waals surface area (Å²) in [6.45, 7) is 8.24. The highest BCUT2D eigenvalue weighted by Gasteiger charge is 2.32. The molecule has 0 saturated heterocycles. The maximum atomic E-state index is 11.0. The average Bonchev–Trinajstić information content (AvgIpc) is 2.60. The van der Waals surface area contributed by atoms with Crippen LogP contribution in [0.5, 0.6) is 5.75 Å². The molecule has 0 radical (unpaired) electrons. The van der Waals surface area contributed by atoms with E-state index < -0.39 is 8.32 Å². The number of hydrogen-bond donors (Lipinski definition) is 0. The minimum Gasteiger partial charge on any atom is -0.547 e. The fourth-order valence-electron chi connectivity index (χ4n) is 3.43. The van der Waals surface area contributed by atoms with Gasteiger partial charge in [-0.2, -0.15) is 0 Å². The lowest BCUT2D eigenvalue weighted by atomic mass is 9.88. The predicted octanol–water partition coefficient (Wildman–Crippen LogP) is 5.79. The van der Waals surface area contributed by atoms with Gasteiger partial charge in [0.05, 0.1) is 5.76 Å². The van der Waals surface area contributed by atoms with Crippen LogP contribution < -0.4 is 4.74 Å².